The average Bonchev–Trinajstić information content (AvgIpc) is 2.67. The molecule has 28 heavy (non-hydrogen) atoms. The number of ether oxygens (including phenoxy) is 2. The fourth-order valence-electron chi connectivity index (χ4n) is 2.78. The molecule has 1 unspecified atom stereocenters. The van der Waals surface area contributed by atoms with Gasteiger partial charge in [0.15, 0.2) is 11.5 Å². The predicted molar refractivity (Wildman–Crippen MR) is 109 cm³/mol. The maximum Gasteiger partial charge on any atom is 0.315 e. The summed E-state index contributed by atoms with van der Waals surface area (Å²) in [6.45, 7) is 3.83. The van der Waals surface area contributed by atoms with Crippen LogP contribution in [0.5, 0.6) is 11.5 Å². The minimum Gasteiger partial charge on any atom is -0.493 e. The van der Waals surface area contributed by atoms with Crippen LogP contribution in [0.3, 0.4) is 0 Å². The zero-order valence-corrected chi connectivity index (χ0v) is 16.7. The van der Waals surface area contributed by atoms with E-state index in [4.69, 9.17) is 9.47 Å². The molecule has 0 radical (unpaired) electrons. The fraction of sp³-hybridized carbons (Fsp3) is 0.333. The molecule has 2 aromatic carbocycles. The summed E-state index contributed by atoms with van der Waals surface area (Å²) in [5.41, 5.74) is 2.64. The van der Waals surface area contributed by atoms with Gasteiger partial charge in [-0.05, 0) is 48.7 Å². The van der Waals surface area contributed by atoms with Crippen LogP contribution in [-0.2, 0) is 11.2 Å². The first-order chi connectivity index (χ1) is 13.4. The molecule has 2 rings (SSSR count). The zero-order valence-electron chi connectivity index (χ0n) is 16.7. The van der Waals surface area contributed by atoms with Gasteiger partial charge >= 0.3 is 6.03 Å². The average molecular weight is 385 g/mol. The van der Waals surface area contributed by atoms with E-state index in [1.165, 1.54) is 6.92 Å². The van der Waals surface area contributed by atoms with Crippen molar-refractivity contribution in [2.45, 2.75) is 26.3 Å². The second kappa shape index (κ2) is 10.2. The first kappa shape index (κ1) is 21.1. The predicted octanol–water partition coefficient (Wildman–Crippen LogP) is 3.27. The lowest BCUT2D eigenvalue weighted by atomic mass is 10.1. The van der Waals surface area contributed by atoms with Crippen LogP contribution in [-0.4, -0.2) is 32.7 Å². The van der Waals surface area contributed by atoms with E-state index in [0.717, 1.165) is 11.1 Å². The van der Waals surface area contributed by atoms with Crippen molar-refractivity contribution >= 4 is 17.6 Å². The summed E-state index contributed by atoms with van der Waals surface area (Å²) in [4.78, 5) is 23.3. The maximum absolute atomic E-state index is 12.2. The van der Waals surface area contributed by atoms with Crippen LogP contribution in [0.1, 0.15) is 31.0 Å². The highest BCUT2D eigenvalue weighted by molar-refractivity contribution is 5.88. The third-order valence-electron chi connectivity index (χ3n) is 4.20. The Balaban J connectivity index is 1.84. The lowest BCUT2D eigenvalue weighted by Gasteiger charge is -2.16. The summed E-state index contributed by atoms with van der Waals surface area (Å²) < 4.78 is 10.5. The van der Waals surface area contributed by atoms with Gasteiger partial charge in [0.25, 0.3) is 0 Å². The normalized spacial score (nSPS) is 11.3. The molecule has 7 nitrogen and oxygen atoms in total. The largest absolute Gasteiger partial charge is 0.493 e. The Bertz CT molecular complexity index is 823. The molecule has 7 heteroatoms. The number of amides is 3. The van der Waals surface area contributed by atoms with Crippen LogP contribution >= 0.6 is 0 Å². The topological polar surface area (TPSA) is 88.7 Å². The van der Waals surface area contributed by atoms with Gasteiger partial charge in [0.2, 0.25) is 5.91 Å². The van der Waals surface area contributed by atoms with Gasteiger partial charge in [-0.3, -0.25) is 4.79 Å². The Labute approximate surface area is 165 Å². The first-order valence-electron chi connectivity index (χ1n) is 9.05. The van der Waals surface area contributed by atoms with Crippen molar-refractivity contribution in [2.24, 2.45) is 0 Å². The van der Waals surface area contributed by atoms with Crippen molar-refractivity contribution in [1.82, 2.24) is 10.6 Å². The summed E-state index contributed by atoms with van der Waals surface area (Å²) in [7, 11) is 3.19. The van der Waals surface area contributed by atoms with Gasteiger partial charge in [0.05, 0.1) is 20.3 Å². The minimum absolute atomic E-state index is 0.134. The Morgan fingerprint density at radius 1 is 1.04 bits per heavy atom. The smallest absolute Gasteiger partial charge is 0.315 e. The molecule has 150 valence electrons. The van der Waals surface area contributed by atoms with Crippen molar-refractivity contribution < 1.29 is 19.1 Å². The molecule has 3 N–H and O–H groups in total. The second-order valence-electron chi connectivity index (χ2n) is 6.37. The molecule has 0 aromatic heterocycles. The number of carbonyl (C=O) groups is 2. The summed E-state index contributed by atoms with van der Waals surface area (Å²) in [6, 6.07) is 12.6. The van der Waals surface area contributed by atoms with Crippen LogP contribution in [0, 0.1) is 0 Å². The summed E-state index contributed by atoms with van der Waals surface area (Å²) >= 11 is 0. The summed E-state index contributed by atoms with van der Waals surface area (Å²) in [5.74, 6) is 1.20. The van der Waals surface area contributed by atoms with Gasteiger partial charge in [-0.1, -0.05) is 18.2 Å². The number of carbonyl (C=O) groups excluding carboxylic acids is 2. The summed E-state index contributed by atoms with van der Waals surface area (Å²) in [6.07, 6.45) is 0.667. The molecular formula is C21H27N3O4. The second-order valence-corrected chi connectivity index (χ2v) is 6.37. The molecule has 0 aliphatic rings. The van der Waals surface area contributed by atoms with Gasteiger partial charge in [-0.15, -0.1) is 0 Å². The van der Waals surface area contributed by atoms with Crippen LogP contribution in [0.25, 0.3) is 0 Å². The van der Waals surface area contributed by atoms with E-state index in [1.807, 2.05) is 43.3 Å². The van der Waals surface area contributed by atoms with Crippen LogP contribution < -0.4 is 25.4 Å². The highest BCUT2D eigenvalue weighted by atomic mass is 16.5. The number of benzene rings is 2. The third-order valence-corrected chi connectivity index (χ3v) is 4.20. The van der Waals surface area contributed by atoms with E-state index in [2.05, 4.69) is 16.0 Å². The van der Waals surface area contributed by atoms with Crippen LogP contribution in [0.4, 0.5) is 10.5 Å². The molecule has 0 fully saturated rings. The van der Waals surface area contributed by atoms with Crippen molar-refractivity contribution in [1.29, 1.82) is 0 Å². The van der Waals surface area contributed by atoms with E-state index < -0.39 is 0 Å². The Hall–Kier alpha value is -3.22. The molecule has 0 heterocycles. The monoisotopic (exact) mass is 385 g/mol. The molecule has 3 amide bonds. The SMILES string of the molecule is COc1ccc(CCNC(=O)NC(C)c2cccc(NC(C)=O)c2)cc1OC. The fourth-order valence-corrected chi connectivity index (χ4v) is 2.78. The number of methoxy groups -OCH3 is 2. The number of anilines is 1. The van der Waals surface area contributed by atoms with Gasteiger partial charge in [0.1, 0.15) is 0 Å². The molecular weight excluding hydrogens is 358 g/mol. The zero-order chi connectivity index (χ0) is 20.5. The number of hydrogen-bond donors (Lipinski definition) is 3. The van der Waals surface area contributed by atoms with E-state index in [9.17, 15) is 9.59 Å². The molecule has 0 saturated heterocycles. The first-order valence-corrected chi connectivity index (χ1v) is 9.05. The van der Waals surface area contributed by atoms with E-state index in [1.54, 1.807) is 20.3 Å². The molecule has 1 atom stereocenters. The highest BCUT2D eigenvalue weighted by Crippen LogP contribution is 2.27. The Kier molecular flexibility index (Phi) is 7.68. The van der Waals surface area contributed by atoms with E-state index in [-0.39, 0.29) is 18.0 Å². The van der Waals surface area contributed by atoms with Gasteiger partial charge < -0.3 is 25.4 Å². The lowest BCUT2D eigenvalue weighted by molar-refractivity contribution is -0.114. The van der Waals surface area contributed by atoms with Crippen molar-refractivity contribution in [2.75, 3.05) is 26.1 Å². The Morgan fingerprint density at radius 3 is 2.46 bits per heavy atom. The summed E-state index contributed by atoms with van der Waals surface area (Å²) in [5, 5.41) is 8.49. The molecule has 0 spiro atoms. The number of rotatable bonds is 8. The van der Waals surface area contributed by atoms with Crippen molar-refractivity contribution in [3.05, 3.63) is 53.6 Å². The molecule has 2 aromatic rings. The number of urea groups is 1. The maximum atomic E-state index is 12.2. The Morgan fingerprint density at radius 2 is 1.79 bits per heavy atom. The molecule has 0 aliphatic carbocycles. The van der Waals surface area contributed by atoms with Crippen molar-refractivity contribution in [3.8, 4) is 11.5 Å². The van der Waals surface area contributed by atoms with E-state index >= 15 is 0 Å². The quantitative estimate of drug-likeness (QED) is 0.651. The number of nitrogens with one attached hydrogen (secondary N) is 3. The molecule has 0 bridgehead atoms. The molecule has 0 aliphatic heterocycles. The highest BCUT2D eigenvalue weighted by Gasteiger charge is 2.10. The van der Waals surface area contributed by atoms with Gasteiger partial charge in [-0.2, -0.15) is 0 Å². The van der Waals surface area contributed by atoms with Crippen LogP contribution in [0.15, 0.2) is 42.5 Å². The third kappa shape index (κ3) is 6.19. The van der Waals surface area contributed by atoms with Gasteiger partial charge in [-0.25, -0.2) is 4.79 Å². The standard InChI is InChI=1S/C21H27N3O4/c1-14(17-6-5-7-18(13-17)24-15(2)25)23-21(26)22-11-10-16-8-9-19(27-3)20(12-16)28-4/h5-9,12-14H,10-11H2,1-4H3,(H,24,25)(H2,22,23,26). The molecule has 0 saturated carbocycles. The lowest BCUT2D eigenvalue weighted by Crippen LogP contribution is -2.38. The van der Waals surface area contributed by atoms with E-state index in [0.29, 0.717) is 30.2 Å². The van der Waals surface area contributed by atoms with Crippen molar-refractivity contribution in [3.63, 3.8) is 0 Å². The van der Waals surface area contributed by atoms with Crippen LogP contribution in [0.2, 0.25) is 0 Å². The minimum atomic E-state index is -0.252. The number of hydrogen-bond acceptors (Lipinski definition) is 4. The van der Waals surface area contributed by atoms with Gasteiger partial charge in [0, 0.05) is 19.2 Å².